The molecule has 7 heteroatoms. The molecule has 1 aliphatic rings. The maximum atomic E-state index is 11.8. The summed E-state index contributed by atoms with van der Waals surface area (Å²) in [5, 5.41) is 3.93. The van der Waals surface area contributed by atoms with Crippen LogP contribution in [0.15, 0.2) is 17.0 Å². The average molecular weight is 309 g/mol. The Balaban J connectivity index is 2.35. The highest BCUT2D eigenvalue weighted by atomic mass is 35.5. The van der Waals surface area contributed by atoms with E-state index in [1.54, 1.807) is 6.07 Å². The minimum absolute atomic E-state index is 0.0589. The van der Waals surface area contributed by atoms with Crippen molar-refractivity contribution in [2.45, 2.75) is 30.3 Å². The number of hydrogen-bond donors (Lipinski definition) is 2. The van der Waals surface area contributed by atoms with Crippen molar-refractivity contribution < 1.29 is 8.42 Å². The van der Waals surface area contributed by atoms with Crippen molar-refractivity contribution in [1.82, 2.24) is 10.0 Å². The molecule has 4 nitrogen and oxygen atoms in total. The minimum Gasteiger partial charge on any atom is -0.310 e. The van der Waals surface area contributed by atoms with E-state index in [-0.39, 0.29) is 9.92 Å². The highest BCUT2D eigenvalue weighted by Crippen LogP contribution is 2.31. The molecule has 2 N–H and O–H groups in total. The maximum Gasteiger partial charge on any atom is 0.241 e. The van der Waals surface area contributed by atoms with Gasteiger partial charge in [0.05, 0.1) is 5.02 Å². The first-order valence-corrected chi connectivity index (χ1v) is 7.83. The molecule has 18 heavy (non-hydrogen) atoms. The lowest BCUT2D eigenvalue weighted by molar-refractivity contribution is 0.588. The van der Waals surface area contributed by atoms with E-state index in [1.807, 2.05) is 0 Å². The van der Waals surface area contributed by atoms with Crippen LogP contribution >= 0.6 is 23.2 Å². The summed E-state index contributed by atoms with van der Waals surface area (Å²) in [5.41, 5.74) is 0.626. The molecule has 1 saturated carbocycles. The number of rotatable bonds is 5. The van der Waals surface area contributed by atoms with Crippen molar-refractivity contribution >= 4 is 33.2 Å². The van der Waals surface area contributed by atoms with Gasteiger partial charge >= 0.3 is 0 Å². The highest BCUT2D eigenvalue weighted by Gasteiger charge is 2.23. The Kier molecular flexibility index (Phi) is 4.18. The Morgan fingerprint density at radius 2 is 2.00 bits per heavy atom. The molecular formula is C11H14Cl2N2O2S. The number of benzene rings is 1. The van der Waals surface area contributed by atoms with Gasteiger partial charge in [0, 0.05) is 23.2 Å². The summed E-state index contributed by atoms with van der Waals surface area (Å²) in [6, 6.07) is 3.47. The smallest absolute Gasteiger partial charge is 0.241 e. The normalized spacial score (nSPS) is 15.9. The number of sulfonamides is 1. The van der Waals surface area contributed by atoms with Crippen LogP contribution in [0.2, 0.25) is 10.0 Å². The molecule has 100 valence electrons. The first-order chi connectivity index (χ1) is 8.45. The third kappa shape index (κ3) is 2.97. The number of halogens is 2. The quantitative estimate of drug-likeness (QED) is 0.876. The van der Waals surface area contributed by atoms with E-state index >= 15 is 0 Å². The van der Waals surface area contributed by atoms with Crippen LogP contribution in [0.5, 0.6) is 0 Å². The zero-order chi connectivity index (χ0) is 13.3. The standard InChI is InChI=1S/C11H14Cl2N2O2S/c1-14-18(16,17)10-5-4-9(12)8(11(10)13)6-15-7-2-3-7/h4-5,7,14-15H,2-3,6H2,1H3. The second-order valence-electron chi connectivity index (χ2n) is 4.20. The Bertz CT molecular complexity index is 556. The van der Waals surface area contributed by atoms with E-state index in [0.29, 0.717) is 23.2 Å². The molecule has 2 rings (SSSR count). The zero-order valence-electron chi connectivity index (χ0n) is 9.83. The fourth-order valence-electron chi connectivity index (χ4n) is 1.59. The average Bonchev–Trinajstić information content (AvgIpc) is 3.12. The molecule has 0 heterocycles. The summed E-state index contributed by atoms with van der Waals surface area (Å²) in [6.45, 7) is 0.482. The van der Waals surface area contributed by atoms with Crippen LogP contribution in [0, 0.1) is 0 Å². The van der Waals surface area contributed by atoms with Gasteiger partial charge in [-0.3, -0.25) is 0 Å². The third-order valence-corrected chi connectivity index (χ3v) is 5.21. The fraction of sp³-hybridized carbons (Fsp3) is 0.455. The Morgan fingerprint density at radius 3 is 2.56 bits per heavy atom. The van der Waals surface area contributed by atoms with E-state index < -0.39 is 10.0 Å². The van der Waals surface area contributed by atoms with Gasteiger partial charge in [0.1, 0.15) is 4.90 Å². The van der Waals surface area contributed by atoms with Crippen molar-refractivity contribution in [2.75, 3.05) is 7.05 Å². The summed E-state index contributed by atoms with van der Waals surface area (Å²) >= 11 is 12.2. The molecule has 1 fully saturated rings. The van der Waals surface area contributed by atoms with Crippen molar-refractivity contribution in [1.29, 1.82) is 0 Å². The van der Waals surface area contributed by atoms with Crippen LogP contribution in [0.25, 0.3) is 0 Å². The topological polar surface area (TPSA) is 58.2 Å². The summed E-state index contributed by atoms with van der Waals surface area (Å²) in [6.07, 6.45) is 2.29. The molecule has 0 amide bonds. The van der Waals surface area contributed by atoms with E-state index in [4.69, 9.17) is 23.2 Å². The van der Waals surface area contributed by atoms with E-state index in [2.05, 4.69) is 10.0 Å². The van der Waals surface area contributed by atoms with Crippen molar-refractivity contribution in [2.24, 2.45) is 0 Å². The summed E-state index contributed by atoms with van der Waals surface area (Å²) in [7, 11) is -2.21. The minimum atomic E-state index is -3.56. The van der Waals surface area contributed by atoms with Gasteiger partial charge in [0.2, 0.25) is 10.0 Å². The van der Waals surface area contributed by atoms with Crippen LogP contribution in [-0.2, 0) is 16.6 Å². The van der Waals surface area contributed by atoms with Gasteiger partial charge in [0.15, 0.2) is 0 Å². The van der Waals surface area contributed by atoms with Gasteiger partial charge in [-0.15, -0.1) is 0 Å². The second-order valence-corrected chi connectivity index (χ2v) is 6.84. The molecule has 1 aromatic carbocycles. The molecule has 0 atom stereocenters. The Labute approximate surface area is 117 Å². The molecule has 0 aliphatic heterocycles. The van der Waals surface area contributed by atoms with Crippen LogP contribution in [0.4, 0.5) is 0 Å². The predicted molar refractivity (Wildman–Crippen MR) is 72.6 cm³/mol. The van der Waals surface area contributed by atoms with Gasteiger partial charge in [-0.25, -0.2) is 13.1 Å². The molecule has 0 radical (unpaired) electrons. The van der Waals surface area contributed by atoms with Crippen LogP contribution in [0.3, 0.4) is 0 Å². The third-order valence-electron chi connectivity index (χ3n) is 2.85. The number of hydrogen-bond acceptors (Lipinski definition) is 3. The van der Waals surface area contributed by atoms with Crippen LogP contribution < -0.4 is 10.0 Å². The first-order valence-electron chi connectivity index (χ1n) is 5.59. The summed E-state index contributed by atoms with van der Waals surface area (Å²) in [4.78, 5) is 0.0589. The van der Waals surface area contributed by atoms with E-state index in [0.717, 1.165) is 12.8 Å². The molecule has 0 saturated heterocycles. The first kappa shape index (κ1) is 14.1. The SMILES string of the molecule is CNS(=O)(=O)c1ccc(Cl)c(CNC2CC2)c1Cl. The van der Waals surface area contributed by atoms with Crippen molar-refractivity contribution in [3.05, 3.63) is 27.7 Å². The van der Waals surface area contributed by atoms with E-state index in [9.17, 15) is 8.42 Å². The molecule has 1 aliphatic carbocycles. The molecule has 0 bridgehead atoms. The lowest BCUT2D eigenvalue weighted by Crippen LogP contribution is -2.21. The monoisotopic (exact) mass is 308 g/mol. The highest BCUT2D eigenvalue weighted by molar-refractivity contribution is 7.89. The largest absolute Gasteiger partial charge is 0.310 e. The van der Waals surface area contributed by atoms with Gasteiger partial charge in [0.25, 0.3) is 0 Å². The van der Waals surface area contributed by atoms with Crippen molar-refractivity contribution in [3.8, 4) is 0 Å². The van der Waals surface area contributed by atoms with Gasteiger partial charge < -0.3 is 5.32 Å². The Hall–Kier alpha value is -0.330. The molecule has 0 spiro atoms. The van der Waals surface area contributed by atoms with Gasteiger partial charge in [-0.1, -0.05) is 23.2 Å². The van der Waals surface area contributed by atoms with Gasteiger partial charge in [-0.05, 0) is 32.0 Å². The second kappa shape index (κ2) is 5.35. The van der Waals surface area contributed by atoms with Gasteiger partial charge in [-0.2, -0.15) is 0 Å². The fourth-order valence-corrected chi connectivity index (χ4v) is 3.22. The molecule has 1 aromatic rings. The van der Waals surface area contributed by atoms with Crippen LogP contribution in [0.1, 0.15) is 18.4 Å². The molecule has 0 aromatic heterocycles. The van der Waals surface area contributed by atoms with E-state index in [1.165, 1.54) is 13.1 Å². The van der Waals surface area contributed by atoms with Crippen molar-refractivity contribution in [3.63, 3.8) is 0 Å². The molecular weight excluding hydrogens is 295 g/mol. The lowest BCUT2D eigenvalue weighted by Gasteiger charge is -2.12. The summed E-state index contributed by atoms with van der Waals surface area (Å²) < 4.78 is 25.8. The van der Waals surface area contributed by atoms with Crippen LogP contribution in [-0.4, -0.2) is 21.5 Å². The molecule has 0 unspecified atom stereocenters. The zero-order valence-corrected chi connectivity index (χ0v) is 12.2. The Morgan fingerprint density at radius 1 is 1.33 bits per heavy atom. The lowest BCUT2D eigenvalue weighted by atomic mass is 10.2. The maximum absolute atomic E-state index is 11.8. The number of nitrogens with one attached hydrogen (secondary N) is 2. The summed E-state index contributed by atoms with van der Waals surface area (Å²) in [5.74, 6) is 0. The predicted octanol–water partition coefficient (Wildman–Crippen LogP) is 2.15.